The lowest BCUT2D eigenvalue weighted by Gasteiger charge is -2.18. The van der Waals surface area contributed by atoms with Gasteiger partial charge < -0.3 is 15.6 Å². The van der Waals surface area contributed by atoms with Gasteiger partial charge in [0, 0.05) is 0 Å². The number of ether oxygens (including phenoxy) is 1. The van der Waals surface area contributed by atoms with Crippen LogP contribution in [0.4, 0.5) is 0 Å². The highest BCUT2D eigenvalue weighted by Gasteiger charge is 2.16. The van der Waals surface area contributed by atoms with Gasteiger partial charge in [-0.05, 0) is 24.1 Å². The van der Waals surface area contributed by atoms with Crippen molar-refractivity contribution in [1.82, 2.24) is 0 Å². The van der Waals surface area contributed by atoms with Crippen molar-refractivity contribution in [2.75, 3.05) is 7.11 Å². The van der Waals surface area contributed by atoms with Crippen molar-refractivity contribution in [3.8, 4) is 5.75 Å². The minimum Gasteiger partial charge on any atom is -0.495 e. The van der Waals surface area contributed by atoms with Crippen LogP contribution in [0.5, 0.6) is 5.75 Å². The quantitative estimate of drug-likeness (QED) is 0.832. The lowest BCUT2D eigenvalue weighted by atomic mass is 10.0. The Kier molecular flexibility index (Phi) is 4.39. The van der Waals surface area contributed by atoms with Gasteiger partial charge in [-0.15, -0.1) is 0 Å². The lowest BCUT2D eigenvalue weighted by Crippen LogP contribution is -2.25. The van der Waals surface area contributed by atoms with E-state index in [1.165, 1.54) is 0 Å². The summed E-state index contributed by atoms with van der Waals surface area (Å²) in [5.41, 5.74) is 6.70. The van der Waals surface area contributed by atoms with Crippen LogP contribution in [0, 0.1) is 0 Å². The Morgan fingerprint density at radius 1 is 1.53 bits per heavy atom. The second kappa shape index (κ2) is 5.35. The molecule has 0 bridgehead atoms. The van der Waals surface area contributed by atoms with Crippen LogP contribution < -0.4 is 10.5 Å². The number of nitrogens with two attached hydrogens (primary N) is 1. The van der Waals surface area contributed by atoms with E-state index in [0.717, 1.165) is 5.56 Å². The van der Waals surface area contributed by atoms with Crippen molar-refractivity contribution in [2.24, 2.45) is 5.73 Å². The summed E-state index contributed by atoms with van der Waals surface area (Å²) < 4.78 is 5.08. The van der Waals surface area contributed by atoms with E-state index in [9.17, 15) is 5.11 Å². The molecule has 0 radical (unpaired) electrons. The highest BCUT2D eigenvalue weighted by Crippen LogP contribution is 2.28. The molecule has 1 aromatic carbocycles. The molecule has 0 fully saturated rings. The Morgan fingerprint density at radius 3 is 2.73 bits per heavy atom. The van der Waals surface area contributed by atoms with E-state index in [1.807, 2.05) is 6.92 Å². The Hall–Kier alpha value is -0.770. The van der Waals surface area contributed by atoms with Crippen LogP contribution in [-0.2, 0) is 0 Å². The van der Waals surface area contributed by atoms with E-state index in [1.54, 1.807) is 25.3 Å². The number of aliphatic hydroxyl groups is 1. The van der Waals surface area contributed by atoms with Gasteiger partial charge in [0.25, 0.3) is 0 Å². The number of rotatable bonds is 4. The monoisotopic (exact) mass is 229 g/mol. The van der Waals surface area contributed by atoms with Crippen molar-refractivity contribution < 1.29 is 9.84 Å². The number of halogens is 1. The average molecular weight is 230 g/mol. The van der Waals surface area contributed by atoms with E-state index in [0.29, 0.717) is 17.2 Å². The van der Waals surface area contributed by atoms with Crippen molar-refractivity contribution in [3.63, 3.8) is 0 Å². The molecule has 0 aliphatic carbocycles. The van der Waals surface area contributed by atoms with Gasteiger partial charge in [0.1, 0.15) is 5.75 Å². The van der Waals surface area contributed by atoms with Gasteiger partial charge in [0.2, 0.25) is 0 Å². The molecule has 0 spiro atoms. The summed E-state index contributed by atoms with van der Waals surface area (Å²) in [5.74, 6) is 0.577. The Morgan fingerprint density at radius 2 is 2.20 bits per heavy atom. The topological polar surface area (TPSA) is 55.5 Å². The third kappa shape index (κ3) is 2.84. The number of hydrogen-bond acceptors (Lipinski definition) is 3. The number of hydrogen-bond donors (Lipinski definition) is 2. The van der Waals surface area contributed by atoms with E-state index in [4.69, 9.17) is 22.1 Å². The third-order valence-corrected chi connectivity index (χ3v) is 2.71. The van der Waals surface area contributed by atoms with Crippen molar-refractivity contribution >= 4 is 11.6 Å². The summed E-state index contributed by atoms with van der Waals surface area (Å²) in [6.07, 6.45) is 0.0717. The van der Waals surface area contributed by atoms with Gasteiger partial charge >= 0.3 is 0 Å². The molecule has 3 nitrogen and oxygen atoms in total. The standard InChI is InChI=1S/C11H16ClNO2/c1-3-9(14)11(13)7-4-5-8(12)10(6-7)15-2/h4-6,9,11,14H,3,13H2,1-2H3/t9-,11+/m0/s1. The number of methoxy groups -OCH3 is 1. The SMILES string of the molecule is CC[C@H](O)[C@H](N)c1ccc(Cl)c(OC)c1. The average Bonchev–Trinajstić information content (AvgIpc) is 2.27. The summed E-state index contributed by atoms with van der Waals surface area (Å²) in [7, 11) is 1.55. The van der Waals surface area contributed by atoms with Crippen LogP contribution in [0.2, 0.25) is 5.02 Å². The van der Waals surface area contributed by atoms with Crippen LogP contribution in [0.3, 0.4) is 0 Å². The van der Waals surface area contributed by atoms with Crippen molar-refractivity contribution in [3.05, 3.63) is 28.8 Å². The summed E-state index contributed by atoms with van der Waals surface area (Å²) in [6, 6.07) is 4.87. The second-order valence-electron chi connectivity index (χ2n) is 3.40. The minimum absolute atomic E-state index is 0.402. The maximum absolute atomic E-state index is 9.61. The molecule has 0 aliphatic rings. The molecule has 0 aromatic heterocycles. The predicted molar refractivity (Wildman–Crippen MR) is 61.2 cm³/mol. The van der Waals surface area contributed by atoms with E-state index >= 15 is 0 Å². The molecule has 1 aromatic rings. The first kappa shape index (κ1) is 12.3. The Labute approximate surface area is 94.8 Å². The van der Waals surface area contributed by atoms with E-state index in [2.05, 4.69) is 0 Å². The lowest BCUT2D eigenvalue weighted by molar-refractivity contribution is 0.140. The summed E-state index contributed by atoms with van der Waals surface area (Å²) >= 11 is 5.89. The molecule has 0 saturated heterocycles. The zero-order valence-electron chi connectivity index (χ0n) is 8.90. The maximum Gasteiger partial charge on any atom is 0.137 e. The zero-order valence-corrected chi connectivity index (χ0v) is 9.66. The Bertz CT molecular complexity index is 330. The summed E-state index contributed by atoms with van der Waals surface area (Å²) in [6.45, 7) is 1.89. The number of aliphatic hydroxyl groups excluding tert-OH is 1. The molecule has 2 atom stereocenters. The molecule has 4 heteroatoms. The molecule has 0 saturated carbocycles. The molecular weight excluding hydrogens is 214 g/mol. The first-order valence-corrected chi connectivity index (χ1v) is 5.25. The fourth-order valence-corrected chi connectivity index (χ4v) is 1.55. The second-order valence-corrected chi connectivity index (χ2v) is 3.80. The summed E-state index contributed by atoms with van der Waals surface area (Å²) in [4.78, 5) is 0. The normalized spacial score (nSPS) is 14.7. The smallest absolute Gasteiger partial charge is 0.137 e. The van der Waals surface area contributed by atoms with E-state index in [-0.39, 0.29) is 0 Å². The largest absolute Gasteiger partial charge is 0.495 e. The maximum atomic E-state index is 9.61. The molecule has 0 unspecified atom stereocenters. The zero-order chi connectivity index (χ0) is 11.4. The van der Waals surface area contributed by atoms with Gasteiger partial charge in [-0.25, -0.2) is 0 Å². The molecule has 0 heterocycles. The van der Waals surface area contributed by atoms with Gasteiger partial charge in [-0.2, -0.15) is 0 Å². The summed E-state index contributed by atoms with van der Waals surface area (Å²) in [5, 5.41) is 10.2. The third-order valence-electron chi connectivity index (χ3n) is 2.39. The van der Waals surface area contributed by atoms with Crippen LogP contribution >= 0.6 is 11.6 Å². The van der Waals surface area contributed by atoms with E-state index < -0.39 is 12.1 Å². The van der Waals surface area contributed by atoms with Crippen LogP contribution in [0.25, 0.3) is 0 Å². The predicted octanol–water partition coefficient (Wildman–Crippen LogP) is 2.12. The first-order valence-electron chi connectivity index (χ1n) is 4.87. The van der Waals surface area contributed by atoms with Crippen molar-refractivity contribution in [1.29, 1.82) is 0 Å². The fraction of sp³-hybridized carbons (Fsp3) is 0.455. The van der Waals surface area contributed by atoms with Gasteiger partial charge in [-0.3, -0.25) is 0 Å². The Balaban J connectivity index is 2.95. The molecular formula is C11H16ClNO2. The molecule has 3 N–H and O–H groups in total. The van der Waals surface area contributed by atoms with Gasteiger partial charge in [-0.1, -0.05) is 24.6 Å². The van der Waals surface area contributed by atoms with Gasteiger partial charge in [0.15, 0.2) is 0 Å². The highest BCUT2D eigenvalue weighted by molar-refractivity contribution is 6.32. The highest BCUT2D eigenvalue weighted by atomic mass is 35.5. The minimum atomic E-state index is -0.545. The molecule has 0 amide bonds. The molecule has 15 heavy (non-hydrogen) atoms. The van der Waals surface area contributed by atoms with Gasteiger partial charge in [0.05, 0.1) is 24.3 Å². The van der Waals surface area contributed by atoms with Crippen molar-refractivity contribution in [2.45, 2.75) is 25.5 Å². The van der Waals surface area contributed by atoms with Crippen LogP contribution in [0.15, 0.2) is 18.2 Å². The first-order chi connectivity index (χ1) is 7.10. The van der Waals surface area contributed by atoms with Crippen LogP contribution in [-0.4, -0.2) is 18.3 Å². The van der Waals surface area contributed by atoms with Crippen LogP contribution in [0.1, 0.15) is 24.9 Å². The fourth-order valence-electron chi connectivity index (χ4n) is 1.36. The number of benzene rings is 1. The molecule has 0 aliphatic heterocycles. The molecule has 84 valence electrons. The molecule has 1 rings (SSSR count).